The standard InChI is InChI=1S/C9H8ClF3O.C2H6/c1-5-7(9(11,12)13)3-6(10)4-8(5)14-2;1-2/h3-4H,1-2H3;1-2H3. The van der Waals surface area contributed by atoms with E-state index in [1.807, 2.05) is 13.8 Å². The maximum Gasteiger partial charge on any atom is 0.416 e. The van der Waals surface area contributed by atoms with Gasteiger partial charge in [-0.3, -0.25) is 0 Å². The van der Waals surface area contributed by atoms with E-state index in [-0.39, 0.29) is 16.3 Å². The number of ether oxygens (including phenoxy) is 1. The average Bonchev–Trinajstić information content (AvgIpc) is 2.22. The van der Waals surface area contributed by atoms with Crippen LogP contribution in [0.4, 0.5) is 13.2 Å². The highest BCUT2D eigenvalue weighted by molar-refractivity contribution is 6.30. The van der Waals surface area contributed by atoms with E-state index in [9.17, 15) is 13.2 Å². The van der Waals surface area contributed by atoms with Gasteiger partial charge in [-0.1, -0.05) is 25.4 Å². The molecule has 0 aliphatic carbocycles. The van der Waals surface area contributed by atoms with Crippen LogP contribution in [-0.4, -0.2) is 7.11 Å². The molecule has 0 bridgehead atoms. The van der Waals surface area contributed by atoms with Crippen molar-refractivity contribution in [3.8, 4) is 5.75 Å². The average molecular weight is 255 g/mol. The van der Waals surface area contributed by atoms with Gasteiger partial charge in [0, 0.05) is 10.6 Å². The largest absolute Gasteiger partial charge is 0.496 e. The van der Waals surface area contributed by atoms with Gasteiger partial charge in [-0.15, -0.1) is 0 Å². The molecular formula is C11H14ClF3O. The van der Waals surface area contributed by atoms with Gasteiger partial charge in [-0.2, -0.15) is 13.2 Å². The molecule has 0 heterocycles. The van der Waals surface area contributed by atoms with Gasteiger partial charge >= 0.3 is 6.18 Å². The smallest absolute Gasteiger partial charge is 0.416 e. The predicted molar refractivity (Wildman–Crippen MR) is 59.1 cm³/mol. The Morgan fingerprint density at radius 3 is 2.06 bits per heavy atom. The van der Waals surface area contributed by atoms with Gasteiger partial charge < -0.3 is 4.74 Å². The monoisotopic (exact) mass is 254 g/mol. The van der Waals surface area contributed by atoms with Crippen LogP contribution in [0.3, 0.4) is 0 Å². The van der Waals surface area contributed by atoms with Crippen molar-refractivity contribution in [2.75, 3.05) is 7.11 Å². The molecular weight excluding hydrogens is 241 g/mol. The molecule has 0 saturated carbocycles. The first kappa shape index (κ1) is 15.1. The lowest BCUT2D eigenvalue weighted by atomic mass is 10.1. The molecule has 0 fully saturated rings. The highest BCUT2D eigenvalue weighted by Gasteiger charge is 2.33. The summed E-state index contributed by atoms with van der Waals surface area (Å²) in [4.78, 5) is 0. The summed E-state index contributed by atoms with van der Waals surface area (Å²) in [5.41, 5.74) is -0.716. The molecule has 1 aromatic carbocycles. The van der Waals surface area contributed by atoms with E-state index >= 15 is 0 Å². The molecule has 0 aromatic heterocycles. The number of hydrogen-bond acceptors (Lipinski definition) is 1. The van der Waals surface area contributed by atoms with E-state index in [1.54, 1.807) is 0 Å². The van der Waals surface area contributed by atoms with Gasteiger partial charge in [0.25, 0.3) is 0 Å². The Balaban J connectivity index is 0.00000106. The number of halogens is 4. The topological polar surface area (TPSA) is 9.23 Å². The van der Waals surface area contributed by atoms with E-state index < -0.39 is 11.7 Å². The molecule has 92 valence electrons. The third-order valence-corrected chi connectivity index (χ3v) is 2.07. The van der Waals surface area contributed by atoms with Gasteiger partial charge in [0.1, 0.15) is 5.75 Å². The normalized spacial score (nSPS) is 10.5. The number of alkyl halides is 3. The third-order valence-electron chi connectivity index (χ3n) is 1.85. The lowest BCUT2D eigenvalue weighted by Gasteiger charge is -2.13. The quantitative estimate of drug-likeness (QED) is 0.706. The van der Waals surface area contributed by atoms with Crippen LogP contribution in [0.5, 0.6) is 5.75 Å². The summed E-state index contributed by atoms with van der Waals surface area (Å²) in [6.07, 6.45) is -4.40. The Morgan fingerprint density at radius 1 is 1.19 bits per heavy atom. The van der Waals surface area contributed by atoms with Crippen LogP contribution < -0.4 is 4.74 Å². The van der Waals surface area contributed by atoms with Crippen molar-refractivity contribution in [1.29, 1.82) is 0 Å². The van der Waals surface area contributed by atoms with Gasteiger partial charge in [0.15, 0.2) is 0 Å². The molecule has 0 amide bonds. The van der Waals surface area contributed by atoms with Crippen molar-refractivity contribution in [3.05, 3.63) is 28.3 Å². The molecule has 1 rings (SSSR count). The number of methoxy groups -OCH3 is 1. The molecule has 0 atom stereocenters. The fraction of sp³-hybridized carbons (Fsp3) is 0.455. The second-order valence-corrected chi connectivity index (χ2v) is 3.21. The first-order valence-corrected chi connectivity index (χ1v) is 5.15. The minimum atomic E-state index is -4.40. The fourth-order valence-corrected chi connectivity index (χ4v) is 1.37. The minimum Gasteiger partial charge on any atom is -0.496 e. The van der Waals surface area contributed by atoms with Crippen LogP contribution in [0.2, 0.25) is 5.02 Å². The van der Waals surface area contributed by atoms with Crippen LogP contribution in [0.15, 0.2) is 12.1 Å². The van der Waals surface area contributed by atoms with Crippen molar-refractivity contribution in [1.82, 2.24) is 0 Å². The van der Waals surface area contributed by atoms with Gasteiger partial charge in [0.2, 0.25) is 0 Å². The van der Waals surface area contributed by atoms with E-state index in [4.69, 9.17) is 16.3 Å². The van der Waals surface area contributed by atoms with Crippen molar-refractivity contribution < 1.29 is 17.9 Å². The number of hydrogen-bond donors (Lipinski definition) is 0. The van der Waals surface area contributed by atoms with Gasteiger partial charge in [-0.05, 0) is 19.1 Å². The summed E-state index contributed by atoms with van der Waals surface area (Å²) in [5.74, 6) is 0.143. The van der Waals surface area contributed by atoms with E-state index in [0.717, 1.165) is 6.07 Å². The Morgan fingerprint density at radius 2 is 1.69 bits per heavy atom. The van der Waals surface area contributed by atoms with Crippen LogP contribution in [0.1, 0.15) is 25.0 Å². The zero-order chi connectivity index (χ0) is 12.9. The van der Waals surface area contributed by atoms with Gasteiger partial charge in [-0.25, -0.2) is 0 Å². The van der Waals surface area contributed by atoms with Crippen LogP contribution >= 0.6 is 11.6 Å². The minimum absolute atomic E-state index is 0.0137. The fourth-order valence-electron chi connectivity index (χ4n) is 1.16. The molecule has 16 heavy (non-hydrogen) atoms. The first-order valence-electron chi connectivity index (χ1n) is 4.77. The molecule has 0 aliphatic heterocycles. The molecule has 0 unspecified atom stereocenters. The predicted octanol–water partition coefficient (Wildman–Crippen LogP) is 4.70. The van der Waals surface area contributed by atoms with E-state index in [0.29, 0.717) is 0 Å². The van der Waals surface area contributed by atoms with Crippen molar-refractivity contribution in [2.24, 2.45) is 0 Å². The molecule has 0 spiro atoms. The molecule has 1 aromatic rings. The Hall–Kier alpha value is -0.900. The summed E-state index contributed by atoms with van der Waals surface area (Å²) in [6.45, 7) is 5.35. The van der Waals surface area contributed by atoms with Gasteiger partial charge in [0.05, 0.1) is 12.7 Å². The lowest BCUT2D eigenvalue weighted by Crippen LogP contribution is -2.08. The van der Waals surface area contributed by atoms with Crippen molar-refractivity contribution >= 4 is 11.6 Å². The summed E-state index contributed by atoms with van der Waals surface area (Å²) in [7, 11) is 1.30. The van der Waals surface area contributed by atoms with E-state index in [2.05, 4.69) is 0 Å². The molecule has 1 nitrogen and oxygen atoms in total. The molecule has 0 radical (unpaired) electrons. The number of benzene rings is 1. The molecule has 0 aliphatic rings. The van der Waals surface area contributed by atoms with Crippen LogP contribution in [-0.2, 0) is 6.18 Å². The Bertz CT molecular complexity index is 348. The maximum absolute atomic E-state index is 12.4. The Kier molecular flexibility index (Phi) is 5.65. The molecule has 0 saturated heterocycles. The second kappa shape index (κ2) is 5.99. The number of rotatable bonds is 1. The van der Waals surface area contributed by atoms with Crippen LogP contribution in [0.25, 0.3) is 0 Å². The van der Waals surface area contributed by atoms with Crippen LogP contribution in [0, 0.1) is 6.92 Å². The third kappa shape index (κ3) is 3.59. The lowest BCUT2D eigenvalue weighted by molar-refractivity contribution is -0.138. The zero-order valence-electron chi connectivity index (χ0n) is 9.57. The highest BCUT2D eigenvalue weighted by Crippen LogP contribution is 2.37. The molecule has 5 heteroatoms. The Labute approximate surface area is 98.2 Å². The SMILES string of the molecule is CC.COc1cc(Cl)cc(C(F)(F)F)c1C. The zero-order valence-corrected chi connectivity index (χ0v) is 10.3. The van der Waals surface area contributed by atoms with Crippen molar-refractivity contribution in [2.45, 2.75) is 26.9 Å². The highest BCUT2D eigenvalue weighted by atomic mass is 35.5. The summed E-state index contributed by atoms with van der Waals surface area (Å²) < 4.78 is 42.1. The second-order valence-electron chi connectivity index (χ2n) is 2.78. The summed E-state index contributed by atoms with van der Waals surface area (Å²) >= 11 is 5.53. The van der Waals surface area contributed by atoms with Crippen molar-refractivity contribution in [3.63, 3.8) is 0 Å². The summed E-state index contributed by atoms with van der Waals surface area (Å²) in [5, 5.41) is 0.0137. The van der Waals surface area contributed by atoms with E-state index in [1.165, 1.54) is 20.1 Å². The summed E-state index contributed by atoms with van der Waals surface area (Å²) in [6, 6.07) is 2.24. The molecule has 0 N–H and O–H groups in total. The maximum atomic E-state index is 12.4. The first-order chi connectivity index (χ1) is 7.36.